The molecule has 20 heavy (non-hydrogen) atoms. The quantitative estimate of drug-likeness (QED) is 0.914. The number of carbonyl (C=O) groups excluding carboxylic acids is 1. The highest BCUT2D eigenvalue weighted by atomic mass is 79.9. The van der Waals surface area contributed by atoms with E-state index in [1.54, 1.807) is 0 Å². The molecule has 1 fully saturated rings. The van der Waals surface area contributed by atoms with Crippen molar-refractivity contribution in [2.45, 2.75) is 26.7 Å². The molecule has 1 aliphatic rings. The van der Waals surface area contributed by atoms with E-state index < -0.39 is 0 Å². The molecule has 1 amide bonds. The molecule has 1 saturated heterocycles. The second-order valence-corrected chi connectivity index (χ2v) is 6.39. The van der Waals surface area contributed by atoms with Gasteiger partial charge in [-0.05, 0) is 79.3 Å². The van der Waals surface area contributed by atoms with Crippen molar-refractivity contribution in [1.82, 2.24) is 10.2 Å². The molecule has 0 aliphatic carbocycles. The maximum absolute atomic E-state index is 12.7. The van der Waals surface area contributed by atoms with Crippen LogP contribution in [0.5, 0.6) is 0 Å². The van der Waals surface area contributed by atoms with Crippen molar-refractivity contribution in [1.29, 1.82) is 0 Å². The van der Waals surface area contributed by atoms with Gasteiger partial charge in [-0.2, -0.15) is 0 Å². The smallest absolute Gasteiger partial charge is 0.254 e. The zero-order valence-electron chi connectivity index (χ0n) is 12.3. The molecule has 1 aromatic carbocycles. The Balaban J connectivity index is 2.07. The van der Waals surface area contributed by atoms with Gasteiger partial charge >= 0.3 is 0 Å². The molecule has 1 aromatic rings. The number of carbonyl (C=O) groups is 1. The van der Waals surface area contributed by atoms with Gasteiger partial charge in [0.1, 0.15) is 0 Å². The highest BCUT2D eigenvalue weighted by Gasteiger charge is 2.21. The first-order valence-corrected chi connectivity index (χ1v) is 8.17. The van der Waals surface area contributed by atoms with Crippen LogP contribution < -0.4 is 5.32 Å². The number of nitrogens with zero attached hydrogens (tertiary/aromatic N) is 1. The maximum atomic E-state index is 12.7. The van der Waals surface area contributed by atoms with Crippen molar-refractivity contribution in [2.24, 2.45) is 5.92 Å². The standard InChI is InChI=1S/C16H23BrN2O/c1-3-19(11-13-5-4-8-18-10-13)16(20)14-7-6-12(2)9-15(14)17/h6-7,9,13,18H,3-5,8,10-11H2,1-2H3. The van der Waals surface area contributed by atoms with Crippen molar-refractivity contribution >= 4 is 21.8 Å². The Morgan fingerprint density at radius 1 is 1.50 bits per heavy atom. The zero-order valence-corrected chi connectivity index (χ0v) is 13.9. The number of amides is 1. The van der Waals surface area contributed by atoms with E-state index in [0.29, 0.717) is 5.92 Å². The van der Waals surface area contributed by atoms with Crippen LogP contribution in [0.2, 0.25) is 0 Å². The summed E-state index contributed by atoms with van der Waals surface area (Å²) >= 11 is 3.51. The largest absolute Gasteiger partial charge is 0.339 e. The van der Waals surface area contributed by atoms with Gasteiger partial charge in [-0.3, -0.25) is 4.79 Å². The van der Waals surface area contributed by atoms with Crippen molar-refractivity contribution in [3.8, 4) is 0 Å². The number of piperidine rings is 1. The van der Waals surface area contributed by atoms with E-state index in [-0.39, 0.29) is 5.91 Å². The Kier molecular flexibility index (Phi) is 5.61. The van der Waals surface area contributed by atoms with Gasteiger partial charge in [0.25, 0.3) is 5.91 Å². The normalized spacial score (nSPS) is 18.9. The van der Waals surface area contributed by atoms with Gasteiger partial charge in [-0.15, -0.1) is 0 Å². The molecular formula is C16H23BrN2O. The monoisotopic (exact) mass is 338 g/mol. The highest BCUT2D eigenvalue weighted by molar-refractivity contribution is 9.10. The molecule has 0 saturated carbocycles. The third-order valence-corrected chi connectivity index (χ3v) is 4.56. The number of hydrogen-bond acceptors (Lipinski definition) is 2. The molecule has 4 heteroatoms. The average molecular weight is 339 g/mol. The van der Waals surface area contributed by atoms with E-state index in [1.807, 2.05) is 30.0 Å². The minimum atomic E-state index is 0.130. The summed E-state index contributed by atoms with van der Waals surface area (Å²) in [5.74, 6) is 0.710. The van der Waals surface area contributed by atoms with Crippen LogP contribution in [0.4, 0.5) is 0 Å². The molecule has 1 atom stereocenters. The van der Waals surface area contributed by atoms with Crippen molar-refractivity contribution in [3.05, 3.63) is 33.8 Å². The lowest BCUT2D eigenvalue weighted by molar-refractivity contribution is 0.0728. The van der Waals surface area contributed by atoms with Crippen LogP contribution in [0, 0.1) is 12.8 Å². The van der Waals surface area contributed by atoms with Crippen LogP contribution >= 0.6 is 15.9 Å². The summed E-state index contributed by atoms with van der Waals surface area (Å²) in [6, 6.07) is 5.92. The van der Waals surface area contributed by atoms with E-state index in [4.69, 9.17) is 0 Å². The van der Waals surface area contributed by atoms with Crippen molar-refractivity contribution in [3.63, 3.8) is 0 Å². The molecule has 3 nitrogen and oxygen atoms in total. The van der Waals surface area contributed by atoms with Gasteiger partial charge < -0.3 is 10.2 Å². The lowest BCUT2D eigenvalue weighted by Gasteiger charge is -2.29. The predicted octanol–water partition coefficient (Wildman–Crippen LogP) is 3.22. The van der Waals surface area contributed by atoms with Crippen LogP contribution in [-0.2, 0) is 0 Å². The minimum absolute atomic E-state index is 0.130. The first-order valence-electron chi connectivity index (χ1n) is 7.38. The molecule has 0 aromatic heterocycles. The summed E-state index contributed by atoms with van der Waals surface area (Å²) in [6.45, 7) is 7.83. The van der Waals surface area contributed by atoms with Crippen LogP contribution in [0.25, 0.3) is 0 Å². The van der Waals surface area contributed by atoms with E-state index in [2.05, 4.69) is 28.2 Å². The molecular weight excluding hydrogens is 316 g/mol. The number of hydrogen-bond donors (Lipinski definition) is 1. The molecule has 1 unspecified atom stereocenters. The predicted molar refractivity (Wildman–Crippen MR) is 86.1 cm³/mol. The molecule has 110 valence electrons. The Bertz CT molecular complexity index is 470. The third-order valence-electron chi connectivity index (χ3n) is 3.90. The molecule has 2 rings (SSSR count). The SMILES string of the molecule is CCN(CC1CCCNC1)C(=O)c1ccc(C)cc1Br. The first kappa shape index (κ1) is 15.5. The molecule has 0 spiro atoms. The Morgan fingerprint density at radius 2 is 2.30 bits per heavy atom. The van der Waals surface area contributed by atoms with Gasteiger partial charge in [0.2, 0.25) is 0 Å². The van der Waals surface area contributed by atoms with Crippen LogP contribution in [-0.4, -0.2) is 37.0 Å². The minimum Gasteiger partial charge on any atom is -0.339 e. The van der Waals surface area contributed by atoms with Crippen molar-refractivity contribution < 1.29 is 4.79 Å². The fourth-order valence-electron chi connectivity index (χ4n) is 2.71. The van der Waals surface area contributed by atoms with E-state index in [1.165, 1.54) is 12.8 Å². The fourth-order valence-corrected chi connectivity index (χ4v) is 3.37. The van der Waals surface area contributed by atoms with Gasteiger partial charge in [0.15, 0.2) is 0 Å². The third kappa shape index (κ3) is 3.83. The maximum Gasteiger partial charge on any atom is 0.254 e. The van der Waals surface area contributed by atoms with Crippen LogP contribution in [0.1, 0.15) is 35.7 Å². The number of benzene rings is 1. The Morgan fingerprint density at radius 3 is 2.90 bits per heavy atom. The fraction of sp³-hybridized carbons (Fsp3) is 0.562. The second-order valence-electron chi connectivity index (χ2n) is 5.54. The first-order chi connectivity index (χ1) is 9.61. The topological polar surface area (TPSA) is 32.3 Å². The van der Waals surface area contributed by atoms with Gasteiger partial charge in [-0.25, -0.2) is 0 Å². The summed E-state index contributed by atoms with van der Waals surface area (Å²) in [4.78, 5) is 14.6. The van der Waals surface area contributed by atoms with Crippen molar-refractivity contribution in [2.75, 3.05) is 26.2 Å². The summed E-state index contributed by atoms with van der Waals surface area (Å²) in [5.41, 5.74) is 1.93. The summed E-state index contributed by atoms with van der Waals surface area (Å²) in [7, 11) is 0. The highest BCUT2D eigenvalue weighted by Crippen LogP contribution is 2.21. The van der Waals surface area contributed by atoms with Gasteiger partial charge in [0.05, 0.1) is 5.56 Å². The number of nitrogens with one attached hydrogen (secondary N) is 1. The van der Waals surface area contributed by atoms with E-state index in [9.17, 15) is 4.79 Å². The summed E-state index contributed by atoms with van der Waals surface area (Å²) in [6.07, 6.45) is 2.43. The average Bonchev–Trinajstić information content (AvgIpc) is 2.45. The van der Waals surface area contributed by atoms with Crippen LogP contribution in [0.3, 0.4) is 0 Å². The van der Waals surface area contributed by atoms with E-state index in [0.717, 1.165) is 41.8 Å². The molecule has 1 heterocycles. The molecule has 1 aliphatic heterocycles. The van der Waals surface area contributed by atoms with Gasteiger partial charge in [0, 0.05) is 17.6 Å². The van der Waals surface area contributed by atoms with Crippen LogP contribution in [0.15, 0.2) is 22.7 Å². The Labute approximate surface area is 129 Å². The number of rotatable bonds is 4. The summed E-state index contributed by atoms with van der Waals surface area (Å²) in [5, 5.41) is 3.41. The molecule has 1 N–H and O–H groups in total. The van der Waals surface area contributed by atoms with E-state index >= 15 is 0 Å². The second kappa shape index (κ2) is 7.23. The lowest BCUT2D eigenvalue weighted by atomic mass is 9.98. The summed E-state index contributed by atoms with van der Waals surface area (Å²) < 4.78 is 0.891. The zero-order chi connectivity index (χ0) is 14.5. The lowest BCUT2D eigenvalue weighted by Crippen LogP contribution is -2.41. The molecule has 0 bridgehead atoms. The number of halogens is 1. The number of aryl methyl sites for hydroxylation is 1. The van der Waals surface area contributed by atoms with Gasteiger partial charge in [-0.1, -0.05) is 6.07 Å². The Hall–Kier alpha value is -0.870. The molecule has 0 radical (unpaired) electrons.